The van der Waals surface area contributed by atoms with Gasteiger partial charge in [0.05, 0.1) is 4.32 Å². The number of fused-ring (bicyclic) bond motifs is 5. The number of Topliss-reactive ketones (excluding diaryl/α,β-unsaturated/α-hetero) is 2. The number of carbonyl (C=O) groups excluding carboxylic acids is 3. The van der Waals surface area contributed by atoms with Crippen molar-refractivity contribution in [1.29, 1.82) is 0 Å². The average Bonchev–Trinajstić information content (AvgIpc) is 2.87. The molecule has 0 saturated heterocycles. The maximum atomic E-state index is 13.5. The first kappa shape index (κ1) is 23.8. The van der Waals surface area contributed by atoms with Crippen LogP contribution in [0, 0.1) is 28.6 Å². The monoisotopic (exact) mass is 464 g/mol. The van der Waals surface area contributed by atoms with Crippen LogP contribution in [0.4, 0.5) is 0 Å². The Morgan fingerprint density at radius 1 is 1.11 bits per heavy atom. The molecule has 144 valence electrons. The van der Waals surface area contributed by atoms with Crippen LogP contribution in [-0.2, 0) is 14.4 Å². The van der Waals surface area contributed by atoms with E-state index in [9.17, 15) is 14.4 Å². The third kappa shape index (κ3) is 3.03. The van der Waals surface area contributed by atoms with Crippen molar-refractivity contribution in [2.75, 3.05) is 0 Å². The van der Waals surface area contributed by atoms with E-state index in [1.165, 1.54) is 0 Å². The fourth-order valence-corrected chi connectivity index (χ4v) is 8.10. The number of rotatable bonds is 1. The number of hydrogen-bond donors (Lipinski definition) is 0. The summed E-state index contributed by atoms with van der Waals surface area (Å²) >= 11 is 3.99. The van der Waals surface area contributed by atoms with Crippen LogP contribution in [0.1, 0.15) is 65.7 Å². The zero-order chi connectivity index (χ0) is 18.2. The van der Waals surface area contributed by atoms with E-state index < -0.39 is 4.32 Å². The van der Waals surface area contributed by atoms with Crippen molar-refractivity contribution in [2.24, 2.45) is 28.6 Å². The molecular weight excluding hydrogens is 439 g/mol. The minimum atomic E-state index is -0.569. The van der Waals surface area contributed by atoms with Crippen LogP contribution in [0.5, 0.6) is 0 Å². The third-order valence-corrected chi connectivity index (χ3v) is 10.2. The molecule has 27 heavy (non-hydrogen) atoms. The van der Waals surface area contributed by atoms with E-state index in [4.69, 9.17) is 0 Å². The molecule has 0 aromatic rings. The standard InChI is InChI=1S/C21H27BrO3.ClH.Na/c1-12(23)15-6-7-16-17-5-4-13-10-14(24)8-9-20(13,3)21(17,22)18(25)11-19(15,16)2;;/h10,15-17H,4-9,11H2,1-3H3;1H;/q;;+1/p-1/t15-,16+,17+,19-,20+,21+;;/m1../s1. The number of hydrogen-bond acceptors (Lipinski definition) is 3. The van der Waals surface area contributed by atoms with Crippen LogP contribution in [0.15, 0.2) is 11.6 Å². The normalized spacial score (nSPS) is 45.5. The van der Waals surface area contributed by atoms with Gasteiger partial charge in [-0.15, -0.1) is 0 Å². The molecule has 4 aliphatic carbocycles. The Balaban J connectivity index is 0.00000131. The molecule has 4 rings (SSSR count). The summed E-state index contributed by atoms with van der Waals surface area (Å²) in [5.74, 6) is 1.40. The van der Waals surface area contributed by atoms with Crippen LogP contribution < -0.4 is 42.0 Å². The maximum absolute atomic E-state index is 13.5. The van der Waals surface area contributed by atoms with Crippen molar-refractivity contribution < 1.29 is 56.3 Å². The fourth-order valence-electron chi connectivity index (χ4n) is 6.96. The van der Waals surface area contributed by atoms with Crippen LogP contribution in [0.25, 0.3) is 0 Å². The first-order valence-corrected chi connectivity index (χ1v) is 10.4. The molecule has 0 unspecified atom stereocenters. The Morgan fingerprint density at radius 2 is 1.78 bits per heavy atom. The minimum absolute atomic E-state index is 0. The summed E-state index contributed by atoms with van der Waals surface area (Å²) in [5, 5.41) is 0. The van der Waals surface area contributed by atoms with E-state index in [0.717, 1.165) is 37.7 Å². The third-order valence-electron chi connectivity index (χ3n) is 8.29. The molecule has 0 N–H and O–H groups in total. The molecule has 0 amide bonds. The Labute approximate surface area is 198 Å². The Kier molecular flexibility index (Phi) is 6.74. The van der Waals surface area contributed by atoms with Gasteiger partial charge < -0.3 is 12.4 Å². The molecule has 0 aromatic heterocycles. The molecule has 6 atom stereocenters. The summed E-state index contributed by atoms with van der Waals surface area (Å²) in [6.07, 6.45) is 7.40. The van der Waals surface area contributed by atoms with Gasteiger partial charge in [0.2, 0.25) is 0 Å². The molecule has 0 bridgehead atoms. The molecule has 3 fully saturated rings. The molecule has 3 saturated carbocycles. The number of ketones is 3. The van der Waals surface area contributed by atoms with Gasteiger partial charge in [-0.05, 0) is 62.4 Å². The molecule has 3 nitrogen and oxygen atoms in total. The summed E-state index contributed by atoms with van der Waals surface area (Å²) in [4.78, 5) is 37.7. The number of allylic oxidation sites excluding steroid dienone is 1. The largest absolute Gasteiger partial charge is 1.00 e. The Bertz CT molecular complexity index is 722. The second-order valence-corrected chi connectivity index (χ2v) is 10.5. The fraction of sp³-hybridized carbons (Fsp3) is 0.762. The molecule has 0 radical (unpaired) electrons. The second kappa shape index (κ2) is 7.65. The molecule has 0 heterocycles. The summed E-state index contributed by atoms with van der Waals surface area (Å²) in [6.45, 7) is 6.05. The smallest absolute Gasteiger partial charge is 1.00 e. The maximum Gasteiger partial charge on any atom is 1.00 e. The first-order chi connectivity index (χ1) is 11.6. The quantitative estimate of drug-likeness (QED) is 0.347. The van der Waals surface area contributed by atoms with Gasteiger partial charge >= 0.3 is 29.6 Å². The van der Waals surface area contributed by atoms with E-state index in [-0.39, 0.29) is 82.0 Å². The van der Waals surface area contributed by atoms with Gasteiger partial charge in [0, 0.05) is 24.2 Å². The summed E-state index contributed by atoms with van der Waals surface area (Å²) in [7, 11) is 0. The van der Waals surface area contributed by atoms with E-state index in [1.807, 2.05) is 6.08 Å². The predicted octanol–water partition coefficient (Wildman–Crippen LogP) is -1.57. The van der Waals surface area contributed by atoms with E-state index in [1.54, 1.807) is 6.92 Å². The molecule has 4 aliphatic rings. The average molecular weight is 466 g/mol. The van der Waals surface area contributed by atoms with Crippen molar-refractivity contribution in [3.05, 3.63) is 11.6 Å². The first-order valence-electron chi connectivity index (χ1n) is 9.61. The van der Waals surface area contributed by atoms with Crippen molar-refractivity contribution in [1.82, 2.24) is 0 Å². The zero-order valence-electron chi connectivity index (χ0n) is 16.7. The topological polar surface area (TPSA) is 51.2 Å². The van der Waals surface area contributed by atoms with Gasteiger partial charge in [-0.2, -0.15) is 0 Å². The van der Waals surface area contributed by atoms with Gasteiger partial charge in [-0.1, -0.05) is 35.4 Å². The van der Waals surface area contributed by atoms with Crippen molar-refractivity contribution in [3.8, 4) is 0 Å². The van der Waals surface area contributed by atoms with Gasteiger partial charge in [-0.3, -0.25) is 14.4 Å². The van der Waals surface area contributed by atoms with Crippen molar-refractivity contribution in [2.45, 2.75) is 70.0 Å². The number of alkyl halides is 1. The van der Waals surface area contributed by atoms with Crippen LogP contribution >= 0.6 is 15.9 Å². The van der Waals surface area contributed by atoms with Crippen molar-refractivity contribution in [3.63, 3.8) is 0 Å². The Morgan fingerprint density at radius 3 is 2.41 bits per heavy atom. The minimum Gasteiger partial charge on any atom is -1.00 e. The Hall–Kier alpha value is 0.520. The number of halogens is 2. The summed E-state index contributed by atoms with van der Waals surface area (Å²) in [5.41, 5.74) is 0.707. The summed E-state index contributed by atoms with van der Waals surface area (Å²) in [6, 6.07) is 0. The molecule has 6 heteroatoms. The van der Waals surface area contributed by atoms with Gasteiger partial charge in [0.25, 0.3) is 0 Å². The molecule has 0 spiro atoms. The molecular formula is C21H27BrClNaO3. The summed E-state index contributed by atoms with van der Waals surface area (Å²) < 4.78 is -0.569. The number of carbonyl (C=O) groups is 3. The zero-order valence-corrected chi connectivity index (χ0v) is 21.1. The van der Waals surface area contributed by atoms with Gasteiger partial charge in [-0.25, -0.2) is 0 Å². The SMILES string of the molecule is CC(=O)[C@H]1CC[C@H]2[C@@H]3CCC4=CC(=O)CC[C@]4(C)[C@@]3(Br)C(=O)C[C@]12C.[Cl-].[Na+]. The molecule has 0 aliphatic heterocycles. The van der Waals surface area contributed by atoms with Gasteiger partial charge in [0.1, 0.15) is 5.78 Å². The van der Waals surface area contributed by atoms with Gasteiger partial charge in [0.15, 0.2) is 11.6 Å². The van der Waals surface area contributed by atoms with E-state index in [0.29, 0.717) is 18.8 Å². The predicted molar refractivity (Wildman–Crippen MR) is 99.4 cm³/mol. The van der Waals surface area contributed by atoms with E-state index >= 15 is 0 Å². The van der Waals surface area contributed by atoms with Crippen molar-refractivity contribution >= 4 is 33.3 Å². The van der Waals surface area contributed by atoms with Crippen LogP contribution in [0.2, 0.25) is 0 Å². The van der Waals surface area contributed by atoms with Crippen LogP contribution in [0.3, 0.4) is 0 Å². The molecule has 0 aromatic carbocycles. The van der Waals surface area contributed by atoms with E-state index in [2.05, 4.69) is 29.8 Å². The second-order valence-electron chi connectivity index (χ2n) is 9.28. The van der Waals surface area contributed by atoms with Crippen LogP contribution in [-0.4, -0.2) is 21.7 Å².